The lowest BCUT2D eigenvalue weighted by Crippen LogP contribution is -2.20. The fourth-order valence-electron chi connectivity index (χ4n) is 1.12. The van der Waals surface area contributed by atoms with E-state index in [9.17, 15) is 4.79 Å². The second-order valence-electron chi connectivity index (χ2n) is 3.15. The largest absolute Gasteiger partial charge is 0.484 e. The van der Waals surface area contributed by atoms with Crippen LogP contribution in [-0.4, -0.2) is 22.8 Å². The summed E-state index contributed by atoms with van der Waals surface area (Å²) in [6.45, 7) is -0.143. The van der Waals surface area contributed by atoms with Crippen LogP contribution in [-0.2, 0) is 4.79 Å². The lowest BCUT2D eigenvalue weighted by molar-refractivity contribution is -0.118. The van der Waals surface area contributed by atoms with E-state index in [4.69, 9.17) is 10.5 Å². The quantitative estimate of drug-likeness (QED) is 0.805. The van der Waals surface area contributed by atoms with Crippen molar-refractivity contribution in [2.75, 3.05) is 17.7 Å². The Morgan fingerprint density at radius 2 is 2.12 bits per heavy atom. The van der Waals surface area contributed by atoms with E-state index < -0.39 is 5.91 Å². The molecule has 0 unspecified atom stereocenters. The van der Waals surface area contributed by atoms with Gasteiger partial charge in [-0.25, -0.2) is 4.63 Å². The maximum Gasteiger partial charge on any atom is 0.263 e. The summed E-state index contributed by atoms with van der Waals surface area (Å²) in [5, 5.41) is 9.14. The third-order valence-corrected chi connectivity index (χ3v) is 1.88. The number of hydrogen-bond acceptors (Lipinski definition) is 6. The third-order valence-electron chi connectivity index (χ3n) is 1.88. The van der Waals surface area contributed by atoms with Crippen molar-refractivity contribution in [2.45, 2.75) is 0 Å². The number of ether oxygens (including phenoxy) is 1. The van der Waals surface area contributed by atoms with Crippen molar-refractivity contribution in [1.29, 1.82) is 0 Å². The number of hydrogen-bond donors (Lipinski definition) is 2. The molecule has 0 fully saturated rings. The number of carbonyl (C=O) groups is 1. The normalized spacial score (nSPS) is 9.88. The Kier molecular flexibility index (Phi) is 3.20. The summed E-state index contributed by atoms with van der Waals surface area (Å²) in [6, 6.07) is 8.98. The average molecular weight is 234 g/mol. The van der Waals surface area contributed by atoms with Crippen molar-refractivity contribution < 1.29 is 14.2 Å². The zero-order chi connectivity index (χ0) is 12.1. The molecule has 0 bridgehead atoms. The Morgan fingerprint density at radius 3 is 2.76 bits per heavy atom. The van der Waals surface area contributed by atoms with Crippen LogP contribution < -0.4 is 15.8 Å². The van der Waals surface area contributed by atoms with Crippen molar-refractivity contribution in [1.82, 2.24) is 10.3 Å². The maximum atomic E-state index is 11.4. The lowest BCUT2D eigenvalue weighted by atomic mass is 10.3. The molecule has 1 aromatic carbocycles. The average Bonchev–Trinajstić information content (AvgIpc) is 2.74. The molecule has 0 spiro atoms. The van der Waals surface area contributed by atoms with Gasteiger partial charge in [0.25, 0.3) is 5.91 Å². The topological polar surface area (TPSA) is 103 Å². The highest BCUT2D eigenvalue weighted by atomic mass is 16.6. The van der Waals surface area contributed by atoms with Gasteiger partial charge in [-0.2, -0.15) is 0 Å². The molecule has 0 aliphatic carbocycles. The first-order valence-corrected chi connectivity index (χ1v) is 4.81. The smallest absolute Gasteiger partial charge is 0.263 e. The zero-order valence-corrected chi connectivity index (χ0v) is 8.79. The number of benzene rings is 1. The second-order valence-corrected chi connectivity index (χ2v) is 3.15. The summed E-state index contributed by atoms with van der Waals surface area (Å²) >= 11 is 0. The number of anilines is 2. The van der Waals surface area contributed by atoms with Crippen LogP contribution in [0.2, 0.25) is 0 Å². The monoisotopic (exact) mass is 234 g/mol. The van der Waals surface area contributed by atoms with Crippen LogP contribution in [0.1, 0.15) is 0 Å². The van der Waals surface area contributed by atoms with Gasteiger partial charge >= 0.3 is 0 Å². The van der Waals surface area contributed by atoms with E-state index in [1.807, 2.05) is 18.2 Å². The minimum absolute atomic E-state index is 0.0260. The van der Waals surface area contributed by atoms with Gasteiger partial charge in [0.05, 0.1) is 0 Å². The Labute approximate surface area is 96.5 Å². The van der Waals surface area contributed by atoms with Crippen LogP contribution >= 0.6 is 0 Å². The standard InChI is InChI=1S/C10H10N4O3/c11-9-10(14-17-13-9)12-8(15)6-16-7-4-2-1-3-5-7/h1-5H,6H2,(H2,11,13)(H,12,14,15). The van der Waals surface area contributed by atoms with Crippen molar-refractivity contribution in [3.63, 3.8) is 0 Å². The molecule has 0 aliphatic heterocycles. The number of aromatic nitrogens is 2. The summed E-state index contributed by atoms with van der Waals surface area (Å²) in [5.74, 6) is 0.329. The first kappa shape index (κ1) is 10.9. The highest BCUT2D eigenvalue weighted by Gasteiger charge is 2.10. The van der Waals surface area contributed by atoms with E-state index in [1.54, 1.807) is 12.1 Å². The molecule has 0 aliphatic rings. The van der Waals surface area contributed by atoms with E-state index in [0.29, 0.717) is 5.75 Å². The van der Waals surface area contributed by atoms with Crippen LogP contribution in [0.4, 0.5) is 11.6 Å². The number of nitrogens with zero attached hydrogens (tertiary/aromatic N) is 2. The fraction of sp³-hybridized carbons (Fsp3) is 0.100. The summed E-state index contributed by atoms with van der Waals surface area (Å²) in [6.07, 6.45) is 0. The minimum atomic E-state index is -0.392. The first-order valence-electron chi connectivity index (χ1n) is 4.81. The van der Waals surface area contributed by atoms with Crippen LogP contribution in [0.5, 0.6) is 5.75 Å². The van der Waals surface area contributed by atoms with Crippen LogP contribution in [0.3, 0.4) is 0 Å². The SMILES string of the molecule is Nc1nonc1NC(=O)COc1ccccc1. The molecule has 17 heavy (non-hydrogen) atoms. The van der Waals surface area contributed by atoms with E-state index in [2.05, 4.69) is 20.3 Å². The molecule has 0 saturated heterocycles. The molecule has 1 amide bonds. The summed E-state index contributed by atoms with van der Waals surface area (Å²) in [4.78, 5) is 11.4. The predicted molar refractivity (Wildman–Crippen MR) is 59.3 cm³/mol. The molecular formula is C10H10N4O3. The third kappa shape index (κ3) is 2.94. The zero-order valence-electron chi connectivity index (χ0n) is 8.79. The fourth-order valence-corrected chi connectivity index (χ4v) is 1.12. The van der Waals surface area contributed by atoms with E-state index in [0.717, 1.165) is 0 Å². The molecule has 0 saturated carbocycles. The minimum Gasteiger partial charge on any atom is -0.484 e. The number of nitrogen functional groups attached to an aromatic ring is 1. The van der Waals surface area contributed by atoms with Crippen molar-refractivity contribution in [3.05, 3.63) is 30.3 Å². The van der Waals surface area contributed by atoms with Gasteiger partial charge in [-0.15, -0.1) is 0 Å². The van der Waals surface area contributed by atoms with Crippen molar-refractivity contribution >= 4 is 17.5 Å². The molecule has 2 rings (SSSR count). The molecule has 3 N–H and O–H groups in total. The molecule has 2 aromatic rings. The lowest BCUT2D eigenvalue weighted by Gasteiger charge is -2.04. The van der Waals surface area contributed by atoms with Gasteiger partial charge in [-0.1, -0.05) is 18.2 Å². The Morgan fingerprint density at radius 1 is 1.35 bits per heavy atom. The van der Waals surface area contributed by atoms with Gasteiger partial charge < -0.3 is 15.8 Å². The predicted octanol–water partition coefficient (Wildman–Crippen LogP) is 0.669. The molecular weight excluding hydrogens is 224 g/mol. The van der Waals surface area contributed by atoms with E-state index in [1.165, 1.54) is 0 Å². The van der Waals surface area contributed by atoms with Crippen molar-refractivity contribution in [3.8, 4) is 5.75 Å². The number of nitrogens with one attached hydrogen (secondary N) is 1. The van der Waals surface area contributed by atoms with Crippen LogP contribution in [0.15, 0.2) is 35.0 Å². The number of nitrogens with two attached hydrogens (primary N) is 1. The molecule has 1 aromatic heterocycles. The van der Waals surface area contributed by atoms with Gasteiger partial charge in [-0.05, 0) is 22.4 Å². The van der Waals surface area contributed by atoms with Crippen LogP contribution in [0, 0.1) is 0 Å². The maximum absolute atomic E-state index is 11.4. The number of carbonyl (C=O) groups excluding carboxylic acids is 1. The van der Waals surface area contributed by atoms with Gasteiger partial charge in [0, 0.05) is 0 Å². The van der Waals surface area contributed by atoms with E-state index in [-0.39, 0.29) is 18.2 Å². The van der Waals surface area contributed by atoms with Gasteiger partial charge in [0.1, 0.15) is 5.75 Å². The Bertz CT molecular complexity index is 497. The Hall–Kier alpha value is -2.57. The molecule has 1 heterocycles. The molecule has 0 atom stereocenters. The number of amides is 1. The van der Waals surface area contributed by atoms with Gasteiger partial charge in [0.15, 0.2) is 6.61 Å². The van der Waals surface area contributed by atoms with Gasteiger partial charge in [-0.3, -0.25) is 4.79 Å². The summed E-state index contributed by atoms with van der Waals surface area (Å²) in [5.41, 5.74) is 5.37. The van der Waals surface area contributed by atoms with Crippen molar-refractivity contribution in [2.24, 2.45) is 0 Å². The molecule has 7 nitrogen and oxygen atoms in total. The molecule has 7 heteroatoms. The van der Waals surface area contributed by atoms with E-state index >= 15 is 0 Å². The number of rotatable bonds is 4. The first-order chi connectivity index (χ1) is 8.25. The van der Waals surface area contributed by atoms with Gasteiger partial charge in [0.2, 0.25) is 11.6 Å². The summed E-state index contributed by atoms with van der Waals surface area (Å²) in [7, 11) is 0. The highest BCUT2D eigenvalue weighted by Crippen LogP contribution is 2.11. The second kappa shape index (κ2) is 4.97. The molecule has 88 valence electrons. The summed E-state index contributed by atoms with van der Waals surface area (Å²) < 4.78 is 9.55. The highest BCUT2D eigenvalue weighted by molar-refractivity contribution is 5.92. The Balaban J connectivity index is 1.85. The molecule has 0 radical (unpaired) electrons. The van der Waals surface area contributed by atoms with Crippen LogP contribution in [0.25, 0.3) is 0 Å². The number of para-hydroxylation sites is 1.